The van der Waals surface area contributed by atoms with Crippen LogP contribution in [-0.2, 0) is 12.8 Å². The summed E-state index contributed by atoms with van der Waals surface area (Å²) in [6.07, 6.45) is 19.4. The second kappa shape index (κ2) is 11.6. The van der Waals surface area contributed by atoms with Crippen LogP contribution in [0.3, 0.4) is 0 Å². The molecule has 4 rings (SSSR count). The second-order valence-electron chi connectivity index (χ2n) is 11.9. The summed E-state index contributed by atoms with van der Waals surface area (Å²) in [4.78, 5) is 0. The Morgan fingerprint density at radius 3 is 1.73 bits per heavy atom. The van der Waals surface area contributed by atoms with Crippen LogP contribution in [0.4, 0.5) is 0 Å². The lowest BCUT2D eigenvalue weighted by atomic mass is 9.92. The van der Waals surface area contributed by atoms with Crippen molar-refractivity contribution in [2.24, 2.45) is 11.8 Å². The average molecular weight is 466 g/mol. The van der Waals surface area contributed by atoms with Gasteiger partial charge in [-0.15, -0.1) is 0 Å². The van der Waals surface area contributed by atoms with Gasteiger partial charge >= 0.3 is 0 Å². The fraction of sp³-hybridized carbons (Fsp3) is 0.677. The number of aromatic nitrogens is 1. The maximum absolute atomic E-state index is 2.71. The molecular formula is C31H48NP. The van der Waals surface area contributed by atoms with E-state index < -0.39 is 0 Å². The van der Waals surface area contributed by atoms with Gasteiger partial charge in [0.15, 0.2) is 0 Å². The van der Waals surface area contributed by atoms with Crippen molar-refractivity contribution in [3.05, 3.63) is 47.2 Å². The SMILES string of the molecule is Cc1cc(CC(C)C)c(-n2cccc2P(C2CCCCC2)C2CCCCC2)c(CC(C)C)c1. The lowest BCUT2D eigenvalue weighted by Gasteiger charge is -2.39. The van der Waals surface area contributed by atoms with E-state index in [4.69, 9.17) is 0 Å². The first-order chi connectivity index (χ1) is 15.9. The second-order valence-corrected chi connectivity index (χ2v) is 14.6. The molecule has 1 aromatic carbocycles. The highest BCUT2D eigenvalue weighted by Gasteiger charge is 2.34. The van der Waals surface area contributed by atoms with Crippen LogP contribution >= 0.6 is 7.92 Å². The Balaban J connectivity index is 1.83. The van der Waals surface area contributed by atoms with E-state index in [0.717, 1.165) is 11.3 Å². The van der Waals surface area contributed by atoms with E-state index >= 15 is 0 Å². The normalized spacial score (nSPS) is 18.7. The van der Waals surface area contributed by atoms with E-state index in [1.807, 2.05) is 0 Å². The third-order valence-electron chi connectivity index (χ3n) is 7.84. The standard InChI is InChI=1S/C31H48NP/c1-23(2)19-26-21-25(5)22-27(20-24(3)4)31(26)32-18-12-17-30(32)33(28-13-8-6-9-14-28)29-15-10-7-11-16-29/h12,17-18,21-24,28-29H,6-11,13-16,19-20H2,1-5H3. The zero-order valence-corrected chi connectivity index (χ0v) is 23.0. The average Bonchev–Trinajstić information content (AvgIpc) is 3.23. The molecule has 2 aliphatic rings. The summed E-state index contributed by atoms with van der Waals surface area (Å²) in [5.74, 6) is 1.35. The molecule has 1 aromatic heterocycles. The summed E-state index contributed by atoms with van der Waals surface area (Å²) in [5.41, 5.74) is 9.70. The summed E-state index contributed by atoms with van der Waals surface area (Å²) in [6, 6.07) is 9.89. The number of nitrogens with zero attached hydrogens (tertiary/aromatic N) is 1. The molecule has 0 atom stereocenters. The van der Waals surface area contributed by atoms with Gasteiger partial charge in [-0.05, 0) is 91.9 Å². The molecule has 33 heavy (non-hydrogen) atoms. The highest BCUT2D eigenvalue weighted by atomic mass is 31.1. The third-order valence-corrected chi connectivity index (χ3v) is 11.3. The Hall–Kier alpha value is -1.07. The summed E-state index contributed by atoms with van der Waals surface area (Å²) >= 11 is 0. The van der Waals surface area contributed by atoms with E-state index in [-0.39, 0.29) is 7.92 Å². The number of benzene rings is 1. The molecule has 2 saturated carbocycles. The summed E-state index contributed by atoms with van der Waals surface area (Å²) < 4.78 is 2.71. The van der Waals surface area contributed by atoms with Crippen molar-refractivity contribution in [2.75, 3.05) is 0 Å². The molecule has 2 fully saturated rings. The molecule has 1 heterocycles. The molecule has 0 radical (unpaired) electrons. The Bertz CT molecular complexity index is 831. The minimum Gasteiger partial charge on any atom is -0.316 e. The first kappa shape index (κ1) is 25.0. The molecule has 182 valence electrons. The van der Waals surface area contributed by atoms with Crippen molar-refractivity contribution in [1.29, 1.82) is 0 Å². The van der Waals surface area contributed by atoms with Crippen molar-refractivity contribution in [1.82, 2.24) is 4.57 Å². The van der Waals surface area contributed by atoms with Crippen LogP contribution in [-0.4, -0.2) is 15.9 Å². The molecule has 0 saturated heterocycles. The maximum Gasteiger partial charge on any atom is 0.0520 e. The van der Waals surface area contributed by atoms with Crippen molar-refractivity contribution < 1.29 is 0 Å². The van der Waals surface area contributed by atoms with Crippen LogP contribution in [0.15, 0.2) is 30.5 Å². The Morgan fingerprint density at radius 2 is 1.27 bits per heavy atom. The molecule has 0 N–H and O–H groups in total. The quantitative estimate of drug-likeness (QED) is 0.343. The van der Waals surface area contributed by atoms with Crippen LogP contribution in [0.5, 0.6) is 0 Å². The van der Waals surface area contributed by atoms with Crippen LogP contribution in [0.1, 0.15) is 109 Å². The predicted molar refractivity (Wildman–Crippen MR) is 148 cm³/mol. The molecule has 0 bridgehead atoms. The van der Waals surface area contributed by atoms with Crippen LogP contribution in [0.25, 0.3) is 5.69 Å². The van der Waals surface area contributed by atoms with Crippen molar-refractivity contribution in [3.63, 3.8) is 0 Å². The first-order valence-corrected chi connectivity index (χ1v) is 15.5. The predicted octanol–water partition coefficient (Wildman–Crippen LogP) is 8.96. The van der Waals surface area contributed by atoms with E-state index in [0.29, 0.717) is 11.8 Å². The van der Waals surface area contributed by atoms with Gasteiger partial charge < -0.3 is 4.57 Å². The summed E-state index contributed by atoms with van der Waals surface area (Å²) in [5, 5.41) is 0. The Kier molecular flexibility index (Phi) is 8.78. The monoisotopic (exact) mass is 465 g/mol. The number of rotatable bonds is 8. The maximum atomic E-state index is 2.71. The lowest BCUT2D eigenvalue weighted by Crippen LogP contribution is -2.30. The third kappa shape index (κ3) is 6.14. The molecule has 2 aliphatic carbocycles. The highest BCUT2D eigenvalue weighted by Crippen LogP contribution is 2.55. The van der Waals surface area contributed by atoms with Gasteiger partial charge in [0.2, 0.25) is 0 Å². The van der Waals surface area contributed by atoms with Crippen LogP contribution < -0.4 is 5.44 Å². The van der Waals surface area contributed by atoms with Gasteiger partial charge in [-0.2, -0.15) is 0 Å². The first-order valence-electron chi connectivity index (χ1n) is 14.0. The summed E-state index contributed by atoms with van der Waals surface area (Å²) in [7, 11) is -0.110. The highest BCUT2D eigenvalue weighted by molar-refractivity contribution is 7.66. The molecule has 0 spiro atoms. The lowest BCUT2D eigenvalue weighted by molar-refractivity contribution is 0.486. The summed E-state index contributed by atoms with van der Waals surface area (Å²) in [6.45, 7) is 11.8. The molecule has 2 heteroatoms. The number of hydrogen-bond donors (Lipinski definition) is 0. The molecular weight excluding hydrogens is 417 g/mol. The van der Waals surface area contributed by atoms with Crippen molar-refractivity contribution in [3.8, 4) is 5.69 Å². The van der Waals surface area contributed by atoms with E-state index in [1.165, 1.54) is 82.6 Å². The molecule has 2 aromatic rings. The van der Waals surface area contributed by atoms with Gasteiger partial charge in [0.25, 0.3) is 0 Å². The van der Waals surface area contributed by atoms with Crippen LogP contribution in [0.2, 0.25) is 0 Å². The fourth-order valence-electron chi connectivity index (χ4n) is 6.60. The van der Waals surface area contributed by atoms with Gasteiger partial charge in [0, 0.05) is 11.6 Å². The minimum absolute atomic E-state index is 0.110. The van der Waals surface area contributed by atoms with Gasteiger partial charge in [0.1, 0.15) is 0 Å². The van der Waals surface area contributed by atoms with E-state index in [2.05, 4.69) is 69.6 Å². The van der Waals surface area contributed by atoms with Crippen molar-refractivity contribution >= 4 is 13.4 Å². The molecule has 1 nitrogen and oxygen atoms in total. The Morgan fingerprint density at radius 1 is 0.788 bits per heavy atom. The largest absolute Gasteiger partial charge is 0.316 e. The van der Waals surface area contributed by atoms with E-state index in [9.17, 15) is 0 Å². The van der Waals surface area contributed by atoms with E-state index in [1.54, 1.807) is 22.2 Å². The molecule has 0 aliphatic heterocycles. The smallest absolute Gasteiger partial charge is 0.0520 e. The number of hydrogen-bond acceptors (Lipinski definition) is 0. The minimum atomic E-state index is -0.110. The zero-order chi connectivity index (χ0) is 23.4. The zero-order valence-electron chi connectivity index (χ0n) is 22.1. The van der Waals surface area contributed by atoms with Gasteiger partial charge in [-0.25, -0.2) is 0 Å². The Labute approximate surface area is 205 Å². The van der Waals surface area contributed by atoms with Crippen LogP contribution in [0, 0.1) is 18.8 Å². The topological polar surface area (TPSA) is 4.93 Å². The molecule has 0 amide bonds. The van der Waals surface area contributed by atoms with Gasteiger partial charge in [-0.1, -0.05) is 91.8 Å². The fourth-order valence-corrected chi connectivity index (χ4v) is 10.5. The molecule has 0 unspecified atom stereocenters. The number of aryl methyl sites for hydroxylation is 1. The van der Waals surface area contributed by atoms with Crippen molar-refractivity contribution in [2.45, 2.75) is 123 Å². The van der Waals surface area contributed by atoms with Gasteiger partial charge in [0.05, 0.1) is 5.69 Å². The van der Waals surface area contributed by atoms with Gasteiger partial charge in [-0.3, -0.25) is 0 Å².